The number of benzene rings is 1. The first-order valence-electron chi connectivity index (χ1n) is 6.82. The zero-order valence-corrected chi connectivity index (χ0v) is 12.2. The molecule has 1 amide bonds. The van der Waals surface area contributed by atoms with Crippen LogP contribution in [0.15, 0.2) is 48.7 Å². The highest BCUT2D eigenvalue weighted by atomic mass is 16.5. The molecule has 0 aliphatic heterocycles. The van der Waals surface area contributed by atoms with Crippen molar-refractivity contribution >= 4 is 17.8 Å². The highest BCUT2D eigenvalue weighted by Gasteiger charge is 1.99. The van der Waals surface area contributed by atoms with E-state index in [4.69, 9.17) is 4.74 Å². The van der Waals surface area contributed by atoms with E-state index in [2.05, 4.69) is 10.3 Å². The fourth-order valence-corrected chi connectivity index (χ4v) is 1.79. The third-order valence-electron chi connectivity index (χ3n) is 2.78. The van der Waals surface area contributed by atoms with Gasteiger partial charge < -0.3 is 10.1 Å². The molecule has 2 aromatic rings. The molecule has 0 aliphatic rings. The Labute approximate surface area is 124 Å². The summed E-state index contributed by atoms with van der Waals surface area (Å²) in [5.74, 6) is 1.17. The quantitative estimate of drug-likeness (QED) is 0.855. The molecule has 1 heterocycles. The number of rotatable bonds is 5. The SMILES string of the molecule is CCOc1ccc(/C=C/C(=O)Nc2cc(C)ccn2)cc1. The Morgan fingerprint density at radius 1 is 1.29 bits per heavy atom. The van der Waals surface area contributed by atoms with E-state index in [1.165, 1.54) is 6.08 Å². The lowest BCUT2D eigenvalue weighted by Crippen LogP contribution is -2.09. The summed E-state index contributed by atoms with van der Waals surface area (Å²) in [6, 6.07) is 11.3. The molecule has 21 heavy (non-hydrogen) atoms. The molecule has 2 rings (SSSR count). The van der Waals surface area contributed by atoms with Gasteiger partial charge in [0.05, 0.1) is 6.61 Å². The Morgan fingerprint density at radius 2 is 2.05 bits per heavy atom. The summed E-state index contributed by atoms with van der Waals surface area (Å²) in [7, 11) is 0. The van der Waals surface area contributed by atoms with Gasteiger partial charge in [0.1, 0.15) is 11.6 Å². The van der Waals surface area contributed by atoms with Crippen molar-refractivity contribution in [2.24, 2.45) is 0 Å². The third kappa shape index (κ3) is 4.76. The van der Waals surface area contributed by atoms with Gasteiger partial charge in [-0.1, -0.05) is 12.1 Å². The molecular formula is C17H18N2O2. The molecule has 4 heteroatoms. The fraction of sp³-hybridized carbons (Fsp3) is 0.176. The van der Waals surface area contributed by atoms with Crippen molar-refractivity contribution in [3.63, 3.8) is 0 Å². The molecule has 0 saturated carbocycles. The van der Waals surface area contributed by atoms with Gasteiger partial charge in [0.25, 0.3) is 0 Å². The van der Waals surface area contributed by atoms with Gasteiger partial charge in [-0.15, -0.1) is 0 Å². The average molecular weight is 282 g/mol. The second-order valence-electron chi connectivity index (χ2n) is 4.54. The number of carbonyl (C=O) groups excluding carboxylic acids is 1. The highest BCUT2D eigenvalue weighted by Crippen LogP contribution is 2.13. The highest BCUT2D eigenvalue weighted by molar-refractivity contribution is 6.01. The number of ether oxygens (including phenoxy) is 1. The van der Waals surface area contributed by atoms with Crippen LogP contribution < -0.4 is 10.1 Å². The van der Waals surface area contributed by atoms with Crippen molar-refractivity contribution in [1.29, 1.82) is 0 Å². The molecule has 0 unspecified atom stereocenters. The number of aryl methyl sites for hydroxylation is 1. The summed E-state index contributed by atoms with van der Waals surface area (Å²) in [4.78, 5) is 15.9. The number of hydrogen-bond donors (Lipinski definition) is 1. The van der Waals surface area contributed by atoms with Gasteiger partial charge in [-0.3, -0.25) is 4.79 Å². The minimum Gasteiger partial charge on any atom is -0.494 e. The van der Waals surface area contributed by atoms with Gasteiger partial charge in [0.15, 0.2) is 0 Å². The van der Waals surface area contributed by atoms with Crippen LogP contribution in [0.2, 0.25) is 0 Å². The van der Waals surface area contributed by atoms with Crippen LogP contribution in [0.5, 0.6) is 5.75 Å². The van der Waals surface area contributed by atoms with Crippen LogP contribution in [0.3, 0.4) is 0 Å². The lowest BCUT2D eigenvalue weighted by Gasteiger charge is -2.03. The van der Waals surface area contributed by atoms with Crippen molar-refractivity contribution in [3.8, 4) is 5.75 Å². The number of amides is 1. The van der Waals surface area contributed by atoms with Crippen LogP contribution in [0.4, 0.5) is 5.82 Å². The van der Waals surface area contributed by atoms with E-state index >= 15 is 0 Å². The molecule has 0 aliphatic carbocycles. The van der Waals surface area contributed by atoms with E-state index in [-0.39, 0.29) is 5.91 Å². The summed E-state index contributed by atoms with van der Waals surface area (Å²) in [6.45, 7) is 4.53. The second kappa shape index (κ2) is 7.24. The maximum absolute atomic E-state index is 11.8. The van der Waals surface area contributed by atoms with E-state index in [0.717, 1.165) is 16.9 Å². The predicted octanol–water partition coefficient (Wildman–Crippen LogP) is 3.44. The van der Waals surface area contributed by atoms with Gasteiger partial charge >= 0.3 is 0 Å². The number of carbonyl (C=O) groups is 1. The van der Waals surface area contributed by atoms with Crippen molar-refractivity contribution in [2.75, 3.05) is 11.9 Å². The van der Waals surface area contributed by atoms with Gasteiger partial charge in [-0.2, -0.15) is 0 Å². The standard InChI is InChI=1S/C17H18N2O2/c1-3-21-15-7-4-14(5-8-15)6-9-17(20)19-16-12-13(2)10-11-18-16/h4-12H,3H2,1-2H3,(H,18,19,20)/b9-6+. The van der Waals surface area contributed by atoms with Crippen molar-refractivity contribution in [2.45, 2.75) is 13.8 Å². The summed E-state index contributed by atoms with van der Waals surface area (Å²) in [5, 5.41) is 2.72. The van der Waals surface area contributed by atoms with Crippen LogP contribution >= 0.6 is 0 Å². The lowest BCUT2D eigenvalue weighted by atomic mass is 10.2. The Bertz CT molecular complexity index is 633. The Balaban J connectivity index is 1.95. The smallest absolute Gasteiger partial charge is 0.249 e. The van der Waals surface area contributed by atoms with Gasteiger partial charge in [-0.25, -0.2) is 4.98 Å². The predicted molar refractivity (Wildman–Crippen MR) is 84.2 cm³/mol. The zero-order chi connectivity index (χ0) is 15.1. The van der Waals surface area contributed by atoms with Crippen molar-refractivity contribution in [3.05, 3.63) is 59.8 Å². The zero-order valence-electron chi connectivity index (χ0n) is 12.2. The Morgan fingerprint density at radius 3 is 2.71 bits per heavy atom. The van der Waals surface area contributed by atoms with Crippen LogP contribution in [0, 0.1) is 6.92 Å². The first kappa shape index (κ1) is 14.8. The largest absolute Gasteiger partial charge is 0.494 e. The average Bonchev–Trinajstić information content (AvgIpc) is 2.47. The molecule has 0 fully saturated rings. The van der Waals surface area contributed by atoms with Crippen molar-refractivity contribution in [1.82, 2.24) is 4.98 Å². The molecule has 0 atom stereocenters. The number of anilines is 1. The summed E-state index contributed by atoms with van der Waals surface area (Å²) in [5.41, 5.74) is 1.99. The Hall–Kier alpha value is -2.62. The van der Waals surface area contributed by atoms with Crippen LogP contribution in [0.25, 0.3) is 6.08 Å². The minimum absolute atomic E-state index is 0.206. The van der Waals surface area contributed by atoms with E-state index in [9.17, 15) is 4.79 Å². The molecule has 1 aromatic heterocycles. The first-order chi connectivity index (χ1) is 10.2. The topological polar surface area (TPSA) is 51.2 Å². The van der Waals surface area contributed by atoms with Gasteiger partial charge in [0.2, 0.25) is 5.91 Å². The molecule has 0 spiro atoms. The van der Waals surface area contributed by atoms with E-state index in [1.54, 1.807) is 12.3 Å². The van der Waals surface area contributed by atoms with Crippen LogP contribution in [-0.2, 0) is 4.79 Å². The molecular weight excluding hydrogens is 264 g/mol. The molecule has 0 saturated heterocycles. The molecule has 0 bridgehead atoms. The second-order valence-corrected chi connectivity index (χ2v) is 4.54. The van der Waals surface area contributed by atoms with Crippen molar-refractivity contribution < 1.29 is 9.53 Å². The molecule has 108 valence electrons. The summed E-state index contributed by atoms with van der Waals surface area (Å²) >= 11 is 0. The number of nitrogens with one attached hydrogen (secondary N) is 1. The van der Waals surface area contributed by atoms with Crippen LogP contribution in [-0.4, -0.2) is 17.5 Å². The van der Waals surface area contributed by atoms with Crippen LogP contribution in [0.1, 0.15) is 18.1 Å². The number of pyridine rings is 1. The third-order valence-corrected chi connectivity index (χ3v) is 2.78. The summed E-state index contributed by atoms with van der Waals surface area (Å²) < 4.78 is 5.36. The molecule has 1 aromatic carbocycles. The molecule has 1 N–H and O–H groups in total. The first-order valence-corrected chi connectivity index (χ1v) is 6.82. The monoisotopic (exact) mass is 282 g/mol. The number of nitrogens with zero attached hydrogens (tertiary/aromatic N) is 1. The number of aromatic nitrogens is 1. The van der Waals surface area contributed by atoms with E-state index < -0.39 is 0 Å². The molecule has 4 nitrogen and oxygen atoms in total. The minimum atomic E-state index is -0.206. The lowest BCUT2D eigenvalue weighted by molar-refractivity contribution is -0.111. The van der Waals surface area contributed by atoms with Gasteiger partial charge in [0, 0.05) is 12.3 Å². The number of hydrogen-bond acceptors (Lipinski definition) is 3. The van der Waals surface area contributed by atoms with E-state index in [1.807, 2.05) is 50.2 Å². The maximum atomic E-state index is 11.8. The van der Waals surface area contributed by atoms with Gasteiger partial charge in [-0.05, 0) is 55.3 Å². The normalized spacial score (nSPS) is 10.6. The summed E-state index contributed by atoms with van der Waals surface area (Å²) in [6.07, 6.45) is 4.90. The van der Waals surface area contributed by atoms with E-state index in [0.29, 0.717) is 12.4 Å². The Kier molecular flexibility index (Phi) is 5.10. The molecule has 0 radical (unpaired) electrons. The maximum Gasteiger partial charge on any atom is 0.249 e. The fourth-order valence-electron chi connectivity index (χ4n) is 1.79.